The molecule has 2 heterocycles. The SMILES string of the molecule is Cc1ccc(C=C2SC(=Nc3ccc(Cl)cc3)N(C)C2=O)s1. The minimum atomic E-state index is -0.0243. The van der Waals surface area contributed by atoms with Crippen molar-refractivity contribution in [1.29, 1.82) is 0 Å². The Bertz CT molecular complexity index is 778. The summed E-state index contributed by atoms with van der Waals surface area (Å²) in [5.41, 5.74) is 0.778. The van der Waals surface area contributed by atoms with Crippen LogP contribution in [0.5, 0.6) is 0 Å². The molecule has 0 spiro atoms. The first-order valence-electron chi connectivity index (χ1n) is 6.61. The van der Waals surface area contributed by atoms with Crippen LogP contribution in [0.15, 0.2) is 46.3 Å². The van der Waals surface area contributed by atoms with Crippen molar-refractivity contribution >= 4 is 57.5 Å². The van der Waals surface area contributed by atoms with E-state index in [9.17, 15) is 4.79 Å². The predicted octanol–water partition coefficient (Wildman–Crippen LogP) is 4.94. The van der Waals surface area contributed by atoms with Crippen molar-refractivity contribution in [3.8, 4) is 0 Å². The summed E-state index contributed by atoms with van der Waals surface area (Å²) < 4.78 is 0. The van der Waals surface area contributed by atoms with E-state index in [0.717, 1.165) is 10.6 Å². The number of hydrogen-bond donors (Lipinski definition) is 0. The van der Waals surface area contributed by atoms with E-state index in [1.54, 1.807) is 35.4 Å². The highest BCUT2D eigenvalue weighted by molar-refractivity contribution is 8.18. The summed E-state index contributed by atoms with van der Waals surface area (Å²) >= 11 is 8.93. The van der Waals surface area contributed by atoms with Gasteiger partial charge in [-0.25, -0.2) is 4.99 Å². The average molecular weight is 349 g/mol. The molecule has 1 saturated heterocycles. The summed E-state index contributed by atoms with van der Waals surface area (Å²) in [5, 5.41) is 1.34. The maximum atomic E-state index is 12.3. The van der Waals surface area contributed by atoms with E-state index in [-0.39, 0.29) is 5.91 Å². The monoisotopic (exact) mass is 348 g/mol. The number of thiophene rings is 1. The van der Waals surface area contributed by atoms with Crippen LogP contribution in [0.1, 0.15) is 9.75 Å². The number of amidine groups is 1. The number of thioether (sulfide) groups is 1. The number of rotatable bonds is 2. The quantitative estimate of drug-likeness (QED) is 0.720. The van der Waals surface area contributed by atoms with E-state index in [1.807, 2.05) is 30.3 Å². The van der Waals surface area contributed by atoms with Crippen molar-refractivity contribution in [3.63, 3.8) is 0 Å². The molecule has 0 saturated carbocycles. The van der Waals surface area contributed by atoms with Crippen LogP contribution in [-0.4, -0.2) is 23.0 Å². The fourth-order valence-electron chi connectivity index (χ4n) is 1.94. The predicted molar refractivity (Wildman–Crippen MR) is 95.9 cm³/mol. The second-order valence-corrected chi connectivity index (χ2v) is 7.56. The van der Waals surface area contributed by atoms with Gasteiger partial charge in [0.05, 0.1) is 10.6 Å². The van der Waals surface area contributed by atoms with Crippen LogP contribution in [0.3, 0.4) is 0 Å². The molecule has 3 nitrogen and oxygen atoms in total. The van der Waals surface area contributed by atoms with Gasteiger partial charge in [-0.05, 0) is 61.2 Å². The number of benzene rings is 1. The van der Waals surface area contributed by atoms with Gasteiger partial charge < -0.3 is 0 Å². The molecule has 1 fully saturated rings. The van der Waals surface area contributed by atoms with Gasteiger partial charge in [0.1, 0.15) is 0 Å². The number of nitrogens with zero attached hydrogens (tertiary/aromatic N) is 2. The van der Waals surface area contributed by atoms with Gasteiger partial charge in [-0.1, -0.05) is 11.6 Å². The fourth-order valence-corrected chi connectivity index (χ4v) is 3.94. The molecule has 2 aromatic rings. The standard InChI is InChI=1S/C16H13ClN2OS2/c1-10-3-8-13(21-10)9-14-15(20)19(2)16(22-14)18-12-6-4-11(17)5-7-12/h3-9H,1-2H3. The molecule has 22 heavy (non-hydrogen) atoms. The van der Waals surface area contributed by atoms with Crippen LogP contribution in [0.4, 0.5) is 5.69 Å². The van der Waals surface area contributed by atoms with Gasteiger partial charge in [0, 0.05) is 21.8 Å². The summed E-state index contributed by atoms with van der Waals surface area (Å²) in [6.07, 6.45) is 1.92. The van der Waals surface area contributed by atoms with E-state index < -0.39 is 0 Å². The minimum Gasteiger partial charge on any atom is -0.290 e. The molecule has 112 valence electrons. The van der Waals surface area contributed by atoms with Crippen molar-refractivity contribution in [2.24, 2.45) is 4.99 Å². The summed E-state index contributed by atoms with van der Waals surface area (Å²) in [5.74, 6) is -0.0243. The third-order valence-electron chi connectivity index (χ3n) is 3.09. The van der Waals surface area contributed by atoms with Crippen molar-refractivity contribution in [1.82, 2.24) is 4.90 Å². The van der Waals surface area contributed by atoms with Gasteiger partial charge in [-0.2, -0.15) is 0 Å². The zero-order valence-corrected chi connectivity index (χ0v) is 14.4. The van der Waals surface area contributed by atoms with Crippen molar-refractivity contribution < 1.29 is 4.79 Å². The van der Waals surface area contributed by atoms with Gasteiger partial charge in [-0.3, -0.25) is 9.69 Å². The highest BCUT2D eigenvalue weighted by Gasteiger charge is 2.30. The maximum absolute atomic E-state index is 12.3. The highest BCUT2D eigenvalue weighted by atomic mass is 35.5. The molecule has 0 N–H and O–H groups in total. The van der Waals surface area contributed by atoms with E-state index in [4.69, 9.17) is 11.6 Å². The Labute approximate surface area is 142 Å². The zero-order chi connectivity index (χ0) is 15.7. The van der Waals surface area contributed by atoms with Crippen molar-refractivity contribution in [2.45, 2.75) is 6.92 Å². The van der Waals surface area contributed by atoms with Crippen LogP contribution in [0.25, 0.3) is 6.08 Å². The molecular weight excluding hydrogens is 336 g/mol. The van der Waals surface area contributed by atoms with E-state index >= 15 is 0 Å². The van der Waals surface area contributed by atoms with Crippen molar-refractivity contribution in [2.75, 3.05) is 7.05 Å². The largest absolute Gasteiger partial charge is 0.290 e. The highest BCUT2D eigenvalue weighted by Crippen LogP contribution is 2.34. The number of likely N-dealkylation sites (N-methyl/N-ethyl adjacent to an activating group) is 1. The number of carbonyl (C=O) groups is 1. The van der Waals surface area contributed by atoms with Crippen LogP contribution in [0.2, 0.25) is 5.02 Å². The first-order valence-corrected chi connectivity index (χ1v) is 8.62. The Balaban J connectivity index is 1.88. The molecule has 0 atom stereocenters. The number of hydrogen-bond acceptors (Lipinski definition) is 4. The summed E-state index contributed by atoms with van der Waals surface area (Å²) in [6.45, 7) is 2.05. The van der Waals surface area contributed by atoms with Crippen LogP contribution < -0.4 is 0 Å². The Morgan fingerprint density at radius 3 is 2.55 bits per heavy atom. The molecule has 0 bridgehead atoms. The minimum absolute atomic E-state index is 0.0243. The lowest BCUT2D eigenvalue weighted by Gasteiger charge is -2.06. The molecule has 6 heteroatoms. The fraction of sp³-hybridized carbons (Fsp3) is 0.125. The summed E-state index contributed by atoms with van der Waals surface area (Å²) in [4.78, 5) is 21.4. The Morgan fingerprint density at radius 2 is 1.91 bits per heavy atom. The number of carbonyl (C=O) groups excluding carboxylic acids is 1. The maximum Gasteiger partial charge on any atom is 0.266 e. The number of aliphatic imine (C=N–C) groups is 1. The average Bonchev–Trinajstić information content (AvgIpc) is 3.01. The molecular formula is C16H13ClN2OS2. The molecule has 1 amide bonds. The normalized spacial score (nSPS) is 18.7. The first-order chi connectivity index (χ1) is 10.5. The third kappa shape index (κ3) is 3.27. The number of amides is 1. The lowest BCUT2D eigenvalue weighted by Crippen LogP contribution is -2.23. The zero-order valence-electron chi connectivity index (χ0n) is 12.0. The molecule has 1 aliphatic heterocycles. The van der Waals surface area contributed by atoms with Gasteiger partial charge >= 0.3 is 0 Å². The Morgan fingerprint density at radius 1 is 1.18 bits per heavy atom. The Hall–Kier alpha value is -1.56. The smallest absolute Gasteiger partial charge is 0.266 e. The molecule has 0 radical (unpaired) electrons. The number of halogens is 1. The first kappa shape index (κ1) is 15.3. The summed E-state index contributed by atoms with van der Waals surface area (Å²) in [6, 6.07) is 11.3. The third-order valence-corrected chi connectivity index (χ3v) is 5.35. The van der Waals surface area contributed by atoms with Gasteiger partial charge in [0.2, 0.25) is 0 Å². The molecule has 0 unspecified atom stereocenters. The molecule has 1 aliphatic rings. The lowest BCUT2D eigenvalue weighted by molar-refractivity contribution is -0.121. The van der Waals surface area contributed by atoms with E-state index in [1.165, 1.54) is 16.6 Å². The van der Waals surface area contributed by atoms with E-state index in [0.29, 0.717) is 15.1 Å². The summed E-state index contributed by atoms with van der Waals surface area (Å²) in [7, 11) is 1.74. The Kier molecular flexibility index (Phi) is 4.38. The van der Waals surface area contributed by atoms with Crippen molar-refractivity contribution in [3.05, 3.63) is 56.1 Å². The van der Waals surface area contributed by atoms with Crippen LogP contribution in [0, 0.1) is 6.92 Å². The van der Waals surface area contributed by atoms with E-state index in [2.05, 4.69) is 11.9 Å². The lowest BCUT2D eigenvalue weighted by atomic mass is 10.3. The molecule has 3 rings (SSSR count). The second-order valence-electron chi connectivity index (χ2n) is 4.79. The second kappa shape index (κ2) is 6.28. The molecule has 1 aromatic carbocycles. The molecule has 1 aromatic heterocycles. The molecule has 0 aliphatic carbocycles. The van der Waals surface area contributed by atoms with Gasteiger partial charge in [-0.15, -0.1) is 11.3 Å². The number of aryl methyl sites for hydroxylation is 1. The van der Waals surface area contributed by atoms with Crippen LogP contribution >= 0.6 is 34.7 Å². The van der Waals surface area contributed by atoms with Gasteiger partial charge in [0.25, 0.3) is 5.91 Å². The van der Waals surface area contributed by atoms with Gasteiger partial charge in [0.15, 0.2) is 5.17 Å². The topological polar surface area (TPSA) is 32.7 Å². The van der Waals surface area contributed by atoms with Crippen LogP contribution in [-0.2, 0) is 4.79 Å².